The Labute approximate surface area is 161 Å². The third kappa shape index (κ3) is 2.90. The first-order chi connectivity index (χ1) is 13.4. The Kier molecular flexibility index (Phi) is 4.68. The van der Waals surface area contributed by atoms with Gasteiger partial charge in [0.05, 0.1) is 19.3 Å². The van der Waals surface area contributed by atoms with Crippen LogP contribution in [0.3, 0.4) is 0 Å². The van der Waals surface area contributed by atoms with Crippen molar-refractivity contribution in [2.45, 2.75) is 30.7 Å². The molecule has 1 aromatic rings. The maximum atomic E-state index is 13.9. The molecule has 0 aromatic heterocycles. The molecule has 1 aromatic carbocycles. The minimum atomic E-state index is -0.991. The van der Waals surface area contributed by atoms with Gasteiger partial charge in [0, 0.05) is 31.7 Å². The number of ether oxygens (including phenoxy) is 1. The van der Waals surface area contributed by atoms with Crippen LogP contribution in [0.15, 0.2) is 24.3 Å². The van der Waals surface area contributed by atoms with E-state index in [0.29, 0.717) is 25.2 Å². The molecule has 0 aliphatic carbocycles. The Balaban J connectivity index is 1.56. The number of carbonyl (C=O) groups is 3. The minimum Gasteiger partial charge on any atom is -0.468 e. The van der Waals surface area contributed by atoms with E-state index < -0.39 is 42.0 Å². The molecule has 9 heteroatoms. The van der Waals surface area contributed by atoms with E-state index in [-0.39, 0.29) is 18.8 Å². The van der Waals surface area contributed by atoms with E-state index in [1.54, 1.807) is 23.1 Å². The second kappa shape index (κ2) is 6.91. The number of nitrogens with zero attached hydrogens (tertiary/aromatic N) is 3. The number of likely N-dealkylation sites (tertiary alicyclic amines) is 1. The minimum absolute atomic E-state index is 0.221. The first-order valence-electron chi connectivity index (χ1n) is 9.19. The predicted octanol–water partition coefficient (Wildman–Crippen LogP) is -0.643. The molecule has 2 atom stereocenters. The third-order valence-corrected chi connectivity index (χ3v) is 5.86. The highest BCUT2D eigenvalue weighted by Gasteiger charge is 2.64. The number of esters is 1. The molecule has 28 heavy (non-hydrogen) atoms. The van der Waals surface area contributed by atoms with Crippen molar-refractivity contribution in [1.29, 1.82) is 0 Å². The number of imide groups is 1. The molecule has 0 unspecified atom stereocenters. The maximum Gasteiger partial charge on any atom is 0.325 e. The summed E-state index contributed by atoms with van der Waals surface area (Å²) in [4.78, 5) is 42.3. The molecule has 3 saturated heterocycles. The highest BCUT2D eigenvalue weighted by atomic mass is 19.1. The summed E-state index contributed by atoms with van der Waals surface area (Å²) in [7, 11) is 1.20. The lowest BCUT2D eigenvalue weighted by atomic mass is 9.82. The van der Waals surface area contributed by atoms with Gasteiger partial charge in [-0.1, -0.05) is 18.2 Å². The Bertz CT molecular complexity index is 826. The van der Waals surface area contributed by atoms with Crippen molar-refractivity contribution in [3.8, 4) is 0 Å². The first-order valence-corrected chi connectivity index (χ1v) is 9.19. The molecule has 0 radical (unpaired) electrons. The van der Waals surface area contributed by atoms with Crippen molar-refractivity contribution in [2.24, 2.45) is 0 Å². The zero-order valence-electron chi connectivity index (χ0n) is 15.5. The van der Waals surface area contributed by atoms with Crippen LogP contribution >= 0.6 is 0 Å². The molecule has 1 spiro atoms. The van der Waals surface area contributed by atoms with E-state index >= 15 is 0 Å². The number of carbonyl (C=O) groups excluding carboxylic acids is 3. The van der Waals surface area contributed by atoms with E-state index in [1.807, 2.05) is 4.90 Å². The maximum absolute atomic E-state index is 13.9. The fraction of sp³-hybridized carbons (Fsp3) is 0.526. The molecule has 3 aliphatic heterocycles. The van der Waals surface area contributed by atoms with Crippen molar-refractivity contribution in [3.05, 3.63) is 35.6 Å². The summed E-state index contributed by atoms with van der Waals surface area (Å²) in [6.45, 7) is 0.724. The third-order valence-electron chi connectivity index (χ3n) is 5.86. The van der Waals surface area contributed by atoms with Gasteiger partial charge >= 0.3 is 5.97 Å². The zero-order chi connectivity index (χ0) is 20.1. The number of methoxy groups -OCH3 is 1. The van der Waals surface area contributed by atoms with Crippen LogP contribution in [-0.4, -0.2) is 88.6 Å². The molecule has 3 fully saturated rings. The molecule has 0 bridgehead atoms. The molecule has 8 nitrogen and oxygen atoms in total. The zero-order valence-corrected chi connectivity index (χ0v) is 15.5. The second-order valence-corrected chi connectivity index (χ2v) is 7.63. The van der Waals surface area contributed by atoms with Gasteiger partial charge in [0.25, 0.3) is 5.91 Å². The van der Waals surface area contributed by atoms with Gasteiger partial charge < -0.3 is 9.84 Å². The lowest BCUT2D eigenvalue weighted by Crippen LogP contribution is -2.81. The Morgan fingerprint density at radius 3 is 2.71 bits per heavy atom. The fourth-order valence-corrected chi connectivity index (χ4v) is 4.51. The number of β-amino-alcohol motifs (C(OH)–C–C–N with tert-alkyl or cyclic N) is 1. The number of rotatable bonds is 4. The van der Waals surface area contributed by atoms with Gasteiger partial charge in [0.1, 0.15) is 17.9 Å². The summed E-state index contributed by atoms with van der Waals surface area (Å²) in [5.41, 5.74) is -0.462. The van der Waals surface area contributed by atoms with E-state index in [9.17, 15) is 23.9 Å². The van der Waals surface area contributed by atoms with Gasteiger partial charge in [0.2, 0.25) is 5.91 Å². The summed E-state index contributed by atoms with van der Waals surface area (Å²) < 4.78 is 18.6. The average molecular weight is 391 g/mol. The van der Waals surface area contributed by atoms with Crippen LogP contribution in [-0.2, 0) is 25.7 Å². The largest absolute Gasteiger partial charge is 0.468 e. The number of piperazine rings is 1. The molecule has 3 aliphatic rings. The first kappa shape index (κ1) is 19.0. The summed E-state index contributed by atoms with van der Waals surface area (Å²) in [5.74, 6) is -1.93. The number of hydrogen-bond donors (Lipinski definition) is 1. The number of amides is 2. The van der Waals surface area contributed by atoms with Crippen LogP contribution in [0.2, 0.25) is 0 Å². The molecule has 2 amide bonds. The lowest BCUT2D eigenvalue weighted by Gasteiger charge is -2.58. The van der Waals surface area contributed by atoms with Crippen LogP contribution in [0.1, 0.15) is 12.0 Å². The van der Waals surface area contributed by atoms with Crippen molar-refractivity contribution < 1.29 is 28.6 Å². The standard InChI is InChI=1S/C19H22FN3O5/c1-28-16(25)9-22-17(26)15-6-13(24)8-23(15)19(18(22)27)10-21(11-19)7-12-4-2-3-5-14(12)20/h2-5,13,15,24H,6-11H2,1H3/t13-,15+/m1/s1. The quantitative estimate of drug-likeness (QED) is 0.539. The monoisotopic (exact) mass is 391 g/mol. The van der Waals surface area contributed by atoms with E-state index in [0.717, 1.165) is 4.90 Å². The van der Waals surface area contributed by atoms with Crippen LogP contribution in [0.25, 0.3) is 0 Å². The highest BCUT2D eigenvalue weighted by molar-refractivity contribution is 6.07. The van der Waals surface area contributed by atoms with E-state index in [1.165, 1.54) is 13.2 Å². The summed E-state index contributed by atoms with van der Waals surface area (Å²) in [6.07, 6.45) is -0.490. The van der Waals surface area contributed by atoms with E-state index in [2.05, 4.69) is 4.74 Å². The number of hydrogen-bond acceptors (Lipinski definition) is 7. The van der Waals surface area contributed by atoms with Gasteiger partial charge in [-0.25, -0.2) is 4.39 Å². The van der Waals surface area contributed by atoms with Crippen molar-refractivity contribution in [1.82, 2.24) is 14.7 Å². The van der Waals surface area contributed by atoms with Crippen LogP contribution in [0.4, 0.5) is 4.39 Å². The summed E-state index contributed by atoms with van der Waals surface area (Å²) >= 11 is 0. The molecule has 0 saturated carbocycles. The fourth-order valence-electron chi connectivity index (χ4n) is 4.51. The van der Waals surface area contributed by atoms with Crippen molar-refractivity contribution in [3.63, 3.8) is 0 Å². The molecule has 1 N–H and O–H groups in total. The number of halogens is 1. The Morgan fingerprint density at radius 2 is 2.04 bits per heavy atom. The van der Waals surface area contributed by atoms with Gasteiger partial charge in [0.15, 0.2) is 0 Å². The number of aliphatic hydroxyl groups is 1. The lowest BCUT2D eigenvalue weighted by molar-refractivity contribution is -0.183. The number of benzene rings is 1. The Hall–Kier alpha value is -2.36. The second-order valence-electron chi connectivity index (χ2n) is 7.63. The molecular weight excluding hydrogens is 369 g/mol. The highest BCUT2D eigenvalue weighted by Crippen LogP contribution is 2.40. The SMILES string of the molecule is COC(=O)CN1C(=O)[C@@H]2C[C@@H](O)CN2C2(CN(Cc3ccccc3F)C2)C1=O. The number of aliphatic hydroxyl groups excluding tert-OH is 1. The molecule has 3 heterocycles. The summed E-state index contributed by atoms with van der Waals surface area (Å²) in [5, 5.41) is 10.1. The molecular formula is C19H22FN3O5. The molecule has 4 rings (SSSR count). The normalized spacial score (nSPS) is 27.0. The smallest absolute Gasteiger partial charge is 0.325 e. The predicted molar refractivity (Wildman–Crippen MR) is 94.3 cm³/mol. The van der Waals surface area contributed by atoms with Gasteiger partial charge in [-0.05, 0) is 12.5 Å². The van der Waals surface area contributed by atoms with E-state index in [4.69, 9.17) is 0 Å². The van der Waals surface area contributed by atoms with Gasteiger partial charge in [-0.3, -0.25) is 29.1 Å². The van der Waals surface area contributed by atoms with Crippen molar-refractivity contribution >= 4 is 17.8 Å². The Morgan fingerprint density at radius 1 is 1.32 bits per heavy atom. The average Bonchev–Trinajstić information content (AvgIpc) is 3.04. The van der Waals surface area contributed by atoms with Crippen LogP contribution in [0, 0.1) is 5.82 Å². The topological polar surface area (TPSA) is 90.4 Å². The number of fused-ring (bicyclic) bond motifs is 2. The molecule has 150 valence electrons. The summed E-state index contributed by atoms with van der Waals surface area (Å²) in [6, 6.07) is 5.81. The van der Waals surface area contributed by atoms with Crippen LogP contribution < -0.4 is 0 Å². The van der Waals surface area contributed by atoms with Crippen molar-refractivity contribution in [2.75, 3.05) is 33.3 Å². The van der Waals surface area contributed by atoms with Gasteiger partial charge in [-0.15, -0.1) is 0 Å². The van der Waals surface area contributed by atoms with Gasteiger partial charge in [-0.2, -0.15) is 0 Å². The van der Waals surface area contributed by atoms with Crippen LogP contribution in [0.5, 0.6) is 0 Å².